The molecule has 0 radical (unpaired) electrons. The standard InChI is InChI=1S/C21H21NO4/c1-3-22-13-18(21(24)25-4-2)20(23)17-11-10-16(12-19(17)22)26-14-15-8-6-5-7-9-15/h5-13H,3-4,14H2,1-2H3. The van der Waals surface area contributed by atoms with Gasteiger partial charge in [0.2, 0.25) is 5.43 Å². The first-order chi connectivity index (χ1) is 12.6. The zero-order valence-corrected chi connectivity index (χ0v) is 14.9. The molecule has 0 atom stereocenters. The van der Waals surface area contributed by atoms with E-state index >= 15 is 0 Å². The van der Waals surface area contributed by atoms with Gasteiger partial charge in [-0.05, 0) is 31.5 Å². The number of ether oxygens (including phenoxy) is 2. The van der Waals surface area contributed by atoms with Crippen molar-refractivity contribution in [2.45, 2.75) is 27.0 Å². The van der Waals surface area contributed by atoms with Crippen LogP contribution in [0.4, 0.5) is 0 Å². The summed E-state index contributed by atoms with van der Waals surface area (Å²) >= 11 is 0. The zero-order chi connectivity index (χ0) is 18.5. The molecule has 0 bridgehead atoms. The fourth-order valence-corrected chi connectivity index (χ4v) is 2.82. The lowest BCUT2D eigenvalue weighted by Gasteiger charge is -2.13. The molecule has 0 saturated carbocycles. The molecule has 1 aromatic heterocycles. The van der Waals surface area contributed by atoms with Gasteiger partial charge in [0, 0.05) is 24.2 Å². The van der Waals surface area contributed by atoms with Gasteiger partial charge in [0.25, 0.3) is 0 Å². The minimum absolute atomic E-state index is 0.0548. The van der Waals surface area contributed by atoms with E-state index in [2.05, 4.69) is 0 Å². The van der Waals surface area contributed by atoms with E-state index in [0.717, 1.165) is 11.1 Å². The third kappa shape index (κ3) is 3.61. The van der Waals surface area contributed by atoms with Crippen molar-refractivity contribution in [3.8, 4) is 5.75 Å². The number of benzene rings is 2. The van der Waals surface area contributed by atoms with Crippen LogP contribution in [-0.2, 0) is 17.9 Å². The Balaban J connectivity index is 1.97. The summed E-state index contributed by atoms with van der Waals surface area (Å²) in [6.45, 7) is 4.97. The first kappa shape index (κ1) is 17.7. The van der Waals surface area contributed by atoms with E-state index < -0.39 is 5.97 Å². The Labute approximate surface area is 151 Å². The van der Waals surface area contributed by atoms with E-state index in [1.54, 1.807) is 25.3 Å². The lowest BCUT2D eigenvalue weighted by Crippen LogP contribution is -2.20. The van der Waals surface area contributed by atoms with Gasteiger partial charge in [-0.1, -0.05) is 30.3 Å². The van der Waals surface area contributed by atoms with Crippen molar-refractivity contribution < 1.29 is 14.3 Å². The molecule has 0 fully saturated rings. The second kappa shape index (κ2) is 7.87. The summed E-state index contributed by atoms with van der Waals surface area (Å²) in [6, 6.07) is 15.2. The number of pyridine rings is 1. The highest BCUT2D eigenvalue weighted by molar-refractivity contribution is 5.94. The number of fused-ring (bicyclic) bond motifs is 1. The topological polar surface area (TPSA) is 57.5 Å². The second-order valence-electron chi connectivity index (χ2n) is 5.83. The Kier molecular flexibility index (Phi) is 5.37. The predicted octanol–water partition coefficient (Wildman–Crippen LogP) is 3.78. The molecule has 1 heterocycles. The zero-order valence-electron chi connectivity index (χ0n) is 14.9. The fourth-order valence-electron chi connectivity index (χ4n) is 2.82. The molecule has 0 aliphatic heterocycles. The average molecular weight is 351 g/mol. The van der Waals surface area contributed by atoms with Gasteiger partial charge in [-0.15, -0.1) is 0 Å². The maximum absolute atomic E-state index is 12.6. The Bertz CT molecular complexity index is 976. The maximum Gasteiger partial charge on any atom is 0.343 e. The molecule has 5 heteroatoms. The van der Waals surface area contributed by atoms with Crippen LogP contribution in [0.15, 0.2) is 59.5 Å². The van der Waals surface area contributed by atoms with Crippen LogP contribution in [0.3, 0.4) is 0 Å². The molecule has 26 heavy (non-hydrogen) atoms. The lowest BCUT2D eigenvalue weighted by molar-refractivity contribution is 0.0524. The van der Waals surface area contributed by atoms with Crippen LogP contribution >= 0.6 is 0 Å². The molecule has 0 N–H and O–H groups in total. The highest BCUT2D eigenvalue weighted by Gasteiger charge is 2.16. The highest BCUT2D eigenvalue weighted by atomic mass is 16.5. The van der Waals surface area contributed by atoms with Gasteiger partial charge in [0.05, 0.1) is 12.1 Å². The minimum atomic E-state index is -0.592. The Morgan fingerprint density at radius 3 is 2.54 bits per heavy atom. The number of carbonyl (C=O) groups excluding carboxylic acids is 1. The van der Waals surface area contributed by atoms with Crippen LogP contribution in [-0.4, -0.2) is 17.1 Å². The number of esters is 1. The van der Waals surface area contributed by atoms with Crippen molar-refractivity contribution in [3.05, 3.63) is 76.1 Å². The summed E-state index contributed by atoms with van der Waals surface area (Å²) in [7, 11) is 0. The summed E-state index contributed by atoms with van der Waals surface area (Å²) in [6.07, 6.45) is 1.56. The van der Waals surface area contributed by atoms with Crippen LogP contribution in [0.25, 0.3) is 10.9 Å². The Hall–Kier alpha value is -3.08. The largest absolute Gasteiger partial charge is 0.489 e. The van der Waals surface area contributed by atoms with Gasteiger partial charge >= 0.3 is 5.97 Å². The van der Waals surface area contributed by atoms with E-state index in [-0.39, 0.29) is 17.6 Å². The third-order valence-electron chi connectivity index (χ3n) is 4.14. The molecule has 2 aromatic carbocycles. The molecule has 3 aromatic rings. The van der Waals surface area contributed by atoms with Crippen LogP contribution in [0, 0.1) is 0 Å². The minimum Gasteiger partial charge on any atom is -0.489 e. The summed E-state index contributed by atoms with van der Waals surface area (Å²) in [4.78, 5) is 24.7. The van der Waals surface area contributed by atoms with Crippen molar-refractivity contribution in [2.24, 2.45) is 0 Å². The van der Waals surface area contributed by atoms with Crippen LogP contribution < -0.4 is 10.2 Å². The van der Waals surface area contributed by atoms with Gasteiger partial charge in [-0.2, -0.15) is 0 Å². The summed E-state index contributed by atoms with van der Waals surface area (Å²) in [5.74, 6) is 0.0813. The van der Waals surface area contributed by atoms with Crippen molar-refractivity contribution in [2.75, 3.05) is 6.61 Å². The number of carbonyl (C=O) groups is 1. The SMILES string of the molecule is CCOC(=O)c1cn(CC)c2cc(OCc3ccccc3)ccc2c1=O. The van der Waals surface area contributed by atoms with E-state index in [1.165, 1.54) is 0 Å². The van der Waals surface area contributed by atoms with Crippen molar-refractivity contribution in [3.63, 3.8) is 0 Å². The third-order valence-corrected chi connectivity index (χ3v) is 4.14. The number of aryl methyl sites for hydroxylation is 1. The summed E-state index contributed by atoms with van der Waals surface area (Å²) < 4.78 is 12.7. The molecular formula is C21H21NO4. The van der Waals surface area contributed by atoms with Gasteiger partial charge in [-0.3, -0.25) is 4.79 Å². The Morgan fingerprint density at radius 1 is 1.08 bits per heavy atom. The molecule has 5 nitrogen and oxygen atoms in total. The van der Waals surface area contributed by atoms with Crippen LogP contribution in [0.1, 0.15) is 29.8 Å². The molecular weight excluding hydrogens is 330 g/mol. The molecule has 3 rings (SSSR count). The smallest absolute Gasteiger partial charge is 0.343 e. The summed E-state index contributed by atoms with van der Waals surface area (Å²) in [5.41, 5.74) is 1.53. The lowest BCUT2D eigenvalue weighted by atomic mass is 10.1. The number of hydrogen-bond acceptors (Lipinski definition) is 4. The predicted molar refractivity (Wildman–Crippen MR) is 101 cm³/mol. The molecule has 0 spiro atoms. The van der Waals surface area contributed by atoms with E-state index in [9.17, 15) is 9.59 Å². The van der Waals surface area contributed by atoms with Crippen molar-refractivity contribution in [1.82, 2.24) is 4.57 Å². The van der Waals surface area contributed by atoms with Crippen LogP contribution in [0.5, 0.6) is 5.75 Å². The highest BCUT2D eigenvalue weighted by Crippen LogP contribution is 2.21. The molecule has 134 valence electrons. The maximum atomic E-state index is 12.6. The normalized spacial score (nSPS) is 10.7. The van der Waals surface area contributed by atoms with Gasteiger partial charge in [0.15, 0.2) is 0 Å². The first-order valence-electron chi connectivity index (χ1n) is 8.65. The van der Waals surface area contributed by atoms with Gasteiger partial charge in [0.1, 0.15) is 17.9 Å². The van der Waals surface area contributed by atoms with E-state index in [1.807, 2.05) is 47.9 Å². The molecule has 0 amide bonds. The quantitative estimate of drug-likeness (QED) is 0.634. The number of hydrogen-bond donors (Lipinski definition) is 0. The number of rotatable bonds is 6. The number of aromatic nitrogens is 1. The molecule has 0 aliphatic rings. The first-order valence-corrected chi connectivity index (χ1v) is 8.65. The molecule has 0 saturated heterocycles. The van der Waals surface area contributed by atoms with Crippen molar-refractivity contribution >= 4 is 16.9 Å². The summed E-state index contributed by atoms with van der Waals surface area (Å²) in [5, 5.41) is 0.476. The fraction of sp³-hybridized carbons (Fsp3) is 0.238. The molecule has 0 unspecified atom stereocenters. The van der Waals surface area contributed by atoms with E-state index in [4.69, 9.17) is 9.47 Å². The second-order valence-corrected chi connectivity index (χ2v) is 5.83. The monoisotopic (exact) mass is 351 g/mol. The average Bonchev–Trinajstić information content (AvgIpc) is 2.67. The Morgan fingerprint density at radius 2 is 1.85 bits per heavy atom. The van der Waals surface area contributed by atoms with Crippen LogP contribution in [0.2, 0.25) is 0 Å². The van der Waals surface area contributed by atoms with Crippen molar-refractivity contribution in [1.29, 1.82) is 0 Å². The van der Waals surface area contributed by atoms with E-state index in [0.29, 0.717) is 24.3 Å². The molecule has 0 aliphatic carbocycles. The van der Waals surface area contributed by atoms with Gasteiger partial charge in [-0.25, -0.2) is 4.79 Å². The number of nitrogens with zero attached hydrogens (tertiary/aromatic N) is 1. The van der Waals surface area contributed by atoms with Gasteiger partial charge < -0.3 is 14.0 Å².